The predicted octanol–water partition coefficient (Wildman–Crippen LogP) is 4.01. The maximum absolute atomic E-state index is 12.8. The molecule has 0 bridgehead atoms. The third kappa shape index (κ3) is 3.38. The van der Waals surface area contributed by atoms with Crippen molar-refractivity contribution >= 4 is 23.2 Å². The van der Waals surface area contributed by atoms with Gasteiger partial charge in [0.1, 0.15) is 0 Å². The summed E-state index contributed by atoms with van der Waals surface area (Å²) in [5.41, 5.74) is 1.98. The number of carbonyl (C=O) groups excluding carboxylic acids is 1. The van der Waals surface area contributed by atoms with Gasteiger partial charge in [-0.15, -0.1) is 0 Å². The van der Waals surface area contributed by atoms with Gasteiger partial charge in [-0.25, -0.2) is 0 Å². The summed E-state index contributed by atoms with van der Waals surface area (Å²) in [5, 5.41) is 3.91. The SMILES string of the molecule is O=C(NC[C@@H]1CCN(c2ccccc2)C1)C1(c2cccc(Cl)c2)CC1. The van der Waals surface area contributed by atoms with Crippen LogP contribution in [0, 0.1) is 5.92 Å². The summed E-state index contributed by atoms with van der Waals surface area (Å²) in [6.45, 7) is 2.82. The normalized spacial score (nSPS) is 21.2. The van der Waals surface area contributed by atoms with Crippen LogP contribution in [0.2, 0.25) is 5.02 Å². The number of nitrogens with one attached hydrogen (secondary N) is 1. The van der Waals surface area contributed by atoms with Crippen LogP contribution in [0.4, 0.5) is 5.69 Å². The summed E-state index contributed by atoms with van der Waals surface area (Å²) in [6.07, 6.45) is 2.96. The van der Waals surface area contributed by atoms with Crippen LogP contribution in [0.1, 0.15) is 24.8 Å². The van der Waals surface area contributed by atoms with Crippen molar-refractivity contribution in [3.8, 4) is 0 Å². The van der Waals surface area contributed by atoms with Crippen molar-refractivity contribution in [1.82, 2.24) is 5.32 Å². The van der Waals surface area contributed by atoms with Gasteiger partial charge < -0.3 is 10.2 Å². The van der Waals surface area contributed by atoms with Crippen molar-refractivity contribution in [1.29, 1.82) is 0 Å². The molecule has 4 heteroatoms. The average Bonchev–Trinajstić information content (AvgIpc) is 3.32. The minimum absolute atomic E-state index is 0.160. The van der Waals surface area contributed by atoms with E-state index in [2.05, 4.69) is 34.5 Å². The second-order valence-corrected chi connectivity index (χ2v) is 7.68. The number of rotatable bonds is 5. The lowest BCUT2D eigenvalue weighted by atomic mass is 9.94. The third-order valence-corrected chi connectivity index (χ3v) is 5.76. The first-order chi connectivity index (χ1) is 12.2. The molecule has 1 aliphatic heterocycles. The highest BCUT2D eigenvalue weighted by molar-refractivity contribution is 6.30. The molecule has 1 saturated carbocycles. The van der Waals surface area contributed by atoms with E-state index in [9.17, 15) is 4.79 Å². The van der Waals surface area contributed by atoms with Gasteiger partial charge in [-0.05, 0) is 55.0 Å². The van der Waals surface area contributed by atoms with Gasteiger partial charge in [0.05, 0.1) is 5.41 Å². The van der Waals surface area contributed by atoms with Gasteiger partial charge in [-0.3, -0.25) is 4.79 Å². The molecule has 2 aromatic carbocycles. The Bertz CT molecular complexity index is 758. The summed E-state index contributed by atoms with van der Waals surface area (Å²) in [6, 6.07) is 18.2. The molecule has 1 aliphatic carbocycles. The molecule has 0 unspecified atom stereocenters. The minimum atomic E-state index is -0.345. The van der Waals surface area contributed by atoms with Crippen molar-refractivity contribution in [2.45, 2.75) is 24.7 Å². The van der Waals surface area contributed by atoms with Crippen molar-refractivity contribution in [3.05, 3.63) is 65.2 Å². The number of benzene rings is 2. The molecule has 3 nitrogen and oxygen atoms in total. The van der Waals surface area contributed by atoms with E-state index in [1.807, 2.05) is 30.3 Å². The Morgan fingerprint density at radius 1 is 1.16 bits per heavy atom. The quantitative estimate of drug-likeness (QED) is 0.879. The lowest BCUT2D eigenvalue weighted by Crippen LogP contribution is -2.38. The van der Waals surface area contributed by atoms with Crippen molar-refractivity contribution in [2.75, 3.05) is 24.5 Å². The van der Waals surface area contributed by atoms with Crippen molar-refractivity contribution in [2.24, 2.45) is 5.92 Å². The van der Waals surface area contributed by atoms with E-state index in [1.54, 1.807) is 0 Å². The van der Waals surface area contributed by atoms with Gasteiger partial charge in [-0.2, -0.15) is 0 Å². The summed E-state index contributed by atoms with van der Waals surface area (Å²) >= 11 is 6.10. The number of hydrogen-bond donors (Lipinski definition) is 1. The summed E-state index contributed by atoms with van der Waals surface area (Å²) in [7, 11) is 0. The summed E-state index contributed by atoms with van der Waals surface area (Å²) < 4.78 is 0. The van der Waals surface area contributed by atoms with Crippen LogP contribution < -0.4 is 10.2 Å². The fraction of sp³-hybridized carbons (Fsp3) is 0.381. The minimum Gasteiger partial charge on any atom is -0.371 e. The molecule has 0 aromatic heterocycles. The molecule has 2 aromatic rings. The Hall–Kier alpha value is -2.00. The van der Waals surface area contributed by atoms with Crippen LogP contribution in [0.5, 0.6) is 0 Å². The van der Waals surface area contributed by atoms with Crippen molar-refractivity contribution < 1.29 is 4.79 Å². The molecule has 2 aliphatic rings. The first-order valence-electron chi connectivity index (χ1n) is 9.02. The Labute approximate surface area is 154 Å². The van der Waals surface area contributed by atoms with Gasteiger partial charge in [0.15, 0.2) is 0 Å². The second kappa shape index (κ2) is 6.72. The smallest absolute Gasteiger partial charge is 0.230 e. The highest BCUT2D eigenvalue weighted by atomic mass is 35.5. The van der Waals surface area contributed by atoms with Crippen LogP contribution in [0.15, 0.2) is 54.6 Å². The molecule has 2 fully saturated rings. The maximum atomic E-state index is 12.8. The zero-order valence-corrected chi connectivity index (χ0v) is 15.0. The molecule has 4 rings (SSSR count). The lowest BCUT2D eigenvalue weighted by molar-refractivity contribution is -0.123. The topological polar surface area (TPSA) is 32.3 Å². The number of halogens is 1. The van der Waals surface area contributed by atoms with Crippen LogP contribution in [0.25, 0.3) is 0 Å². The summed E-state index contributed by atoms with van der Waals surface area (Å²) in [4.78, 5) is 15.2. The first-order valence-corrected chi connectivity index (χ1v) is 9.39. The number of para-hydroxylation sites is 1. The number of nitrogens with zero attached hydrogens (tertiary/aromatic N) is 1. The molecule has 1 heterocycles. The first kappa shape index (κ1) is 16.5. The Balaban J connectivity index is 1.34. The largest absolute Gasteiger partial charge is 0.371 e. The Kier molecular flexibility index (Phi) is 4.43. The molecular formula is C21H23ClN2O. The monoisotopic (exact) mass is 354 g/mol. The van der Waals surface area contributed by atoms with E-state index >= 15 is 0 Å². The van der Waals surface area contributed by atoms with Crippen LogP contribution in [0.3, 0.4) is 0 Å². The van der Waals surface area contributed by atoms with Crippen LogP contribution >= 0.6 is 11.6 Å². The second-order valence-electron chi connectivity index (χ2n) is 7.24. The molecule has 1 amide bonds. The number of anilines is 1. The predicted molar refractivity (Wildman–Crippen MR) is 102 cm³/mol. The fourth-order valence-electron chi connectivity index (χ4n) is 3.84. The number of carbonyl (C=O) groups is 1. The molecule has 1 N–H and O–H groups in total. The number of hydrogen-bond acceptors (Lipinski definition) is 2. The molecule has 1 saturated heterocycles. The lowest BCUT2D eigenvalue weighted by Gasteiger charge is -2.20. The molecule has 0 radical (unpaired) electrons. The average molecular weight is 355 g/mol. The van der Waals surface area contributed by atoms with E-state index in [4.69, 9.17) is 11.6 Å². The number of amides is 1. The van der Waals surface area contributed by atoms with E-state index in [-0.39, 0.29) is 11.3 Å². The Morgan fingerprint density at radius 2 is 1.96 bits per heavy atom. The molecular weight excluding hydrogens is 332 g/mol. The van der Waals surface area contributed by atoms with Gasteiger partial charge in [0.2, 0.25) is 5.91 Å². The standard InChI is InChI=1S/C21H23ClN2O/c22-18-6-4-5-17(13-18)21(10-11-21)20(25)23-14-16-9-12-24(15-16)19-7-2-1-3-8-19/h1-8,13,16H,9-12,14-15H2,(H,23,25)/t16-/m0/s1. The van der Waals surface area contributed by atoms with E-state index in [1.165, 1.54) is 5.69 Å². The zero-order valence-electron chi connectivity index (χ0n) is 14.2. The van der Waals surface area contributed by atoms with Gasteiger partial charge >= 0.3 is 0 Å². The highest BCUT2D eigenvalue weighted by Gasteiger charge is 2.51. The van der Waals surface area contributed by atoms with Crippen LogP contribution in [-0.2, 0) is 10.2 Å². The van der Waals surface area contributed by atoms with E-state index < -0.39 is 0 Å². The maximum Gasteiger partial charge on any atom is 0.230 e. The van der Waals surface area contributed by atoms with Gasteiger partial charge in [0.25, 0.3) is 0 Å². The molecule has 0 spiro atoms. The third-order valence-electron chi connectivity index (χ3n) is 5.52. The Morgan fingerprint density at radius 3 is 2.68 bits per heavy atom. The van der Waals surface area contributed by atoms with E-state index in [0.717, 1.165) is 44.5 Å². The fourth-order valence-corrected chi connectivity index (χ4v) is 4.03. The van der Waals surface area contributed by atoms with Gasteiger partial charge in [0, 0.05) is 30.3 Å². The van der Waals surface area contributed by atoms with Gasteiger partial charge in [-0.1, -0.05) is 41.9 Å². The summed E-state index contributed by atoms with van der Waals surface area (Å²) in [5.74, 6) is 0.673. The van der Waals surface area contributed by atoms with Crippen LogP contribution in [-0.4, -0.2) is 25.5 Å². The molecule has 25 heavy (non-hydrogen) atoms. The molecule has 130 valence electrons. The van der Waals surface area contributed by atoms with Crippen molar-refractivity contribution in [3.63, 3.8) is 0 Å². The van der Waals surface area contributed by atoms with E-state index in [0.29, 0.717) is 10.9 Å². The molecule has 1 atom stereocenters. The zero-order chi connectivity index (χ0) is 17.3. The highest BCUT2D eigenvalue weighted by Crippen LogP contribution is 2.48.